The first-order valence-corrected chi connectivity index (χ1v) is 20.0. The minimum absolute atomic E-state index is 0.532. The first-order valence-electron chi connectivity index (χ1n) is 14.6. The maximum absolute atomic E-state index is 2.65. The van der Waals surface area contributed by atoms with Crippen molar-refractivity contribution in [2.24, 2.45) is 0 Å². The van der Waals surface area contributed by atoms with Gasteiger partial charge in [-0.15, -0.1) is 0 Å². The van der Waals surface area contributed by atoms with E-state index in [4.69, 9.17) is 0 Å². The SMILES string of the molecule is CCCCCCCCCCc1c[se]c(-c2cc(CCCCCCCCCC)c(-c3ccc[se]3)[se]2)c1. The first kappa shape index (κ1) is 29.6. The Hall–Kier alpha value is -0.00156. The molecule has 3 aromatic rings. The average Bonchev–Trinajstić information content (AvgIpc) is 3.63. The summed E-state index contributed by atoms with van der Waals surface area (Å²) < 4.78 is 6.85. The number of hydrogen-bond acceptors (Lipinski definition) is 0. The molecule has 0 atom stereocenters. The molecule has 0 amide bonds. The molecule has 3 aromatic heterocycles. The van der Waals surface area contributed by atoms with Crippen LogP contribution in [-0.4, -0.2) is 43.5 Å². The fourth-order valence-corrected chi connectivity index (χ4v) is 12.3. The second-order valence-electron chi connectivity index (χ2n) is 10.2. The summed E-state index contributed by atoms with van der Waals surface area (Å²) in [6, 6.07) is 9.96. The van der Waals surface area contributed by atoms with Crippen LogP contribution in [0.3, 0.4) is 0 Å². The van der Waals surface area contributed by atoms with Crippen LogP contribution in [0.5, 0.6) is 0 Å². The zero-order chi connectivity index (χ0) is 24.6. The minimum atomic E-state index is 0.532. The molecule has 0 aromatic carbocycles. The van der Waals surface area contributed by atoms with Crippen molar-refractivity contribution in [1.82, 2.24) is 0 Å². The molecule has 0 bridgehead atoms. The molecule has 3 rings (SSSR count). The molecular formula is C32H48Se3. The first-order chi connectivity index (χ1) is 17.3. The predicted octanol–water partition coefficient (Wildman–Crippen LogP) is 9.56. The van der Waals surface area contributed by atoms with E-state index >= 15 is 0 Å². The van der Waals surface area contributed by atoms with Gasteiger partial charge in [-0.1, -0.05) is 0 Å². The third kappa shape index (κ3) is 11.1. The third-order valence-electron chi connectivity index (χ3n) is 7.07. The van der Waals surface area contributed by atoms with E-state index in [2.05, 4.69) is 48.0 Å². The van der Waals surface area contributed by atoms with Crippen LogP contribution >= 0.6 is 0 Å². The van der Waals surface area contributed by atoms with Gasteiger partial charge in [0.1, 0.15) is 0 Å². The summed E-state index contributed by atoms with van der Waals surface area (Å²) in [7, 11) is 0. The van der Waals surface area contributed by atoms with Gasteiger partial charge in [0.15, 0.2) is 0 Å². The maximum atomic E-state index is 2.65. The van der Waals surface area contributed by atoms with E-state index in [1.807, 2.05) is 0 Å². The fourth-order valence-electron chi connectivity index (χ4n) is 4.90. The topological polar surface area (TPSA) is 0 Å². The molecule has 0 saturated heterocycles. The third-order valence-corrected chi connectivity index (χ3v) is 15.0. The summed E-state index contributed by atoms with van der Waals surface area (Å²) in [5, 5.41) is 0. The molecule has 0 unspecified atom stereocenters. The van der Waals surface area contributed by atoms with E-state index in [1.165, 1.54) is 116 Å². The van der Waals surface area contributed by atoms with Crippen LogP contribution < -0.4 is 0 Å². The molecule has 0 aliphatic heterocycles. The van der Waals surface area contributed by atoms with Crippen LogP contribution in [0.4, 0.5) is 0 Å². The number of unbranched alkanes of at least 4 members (excludes halogenated alkanes) is 14. The van der Waals surface area contributed by atoms with Crippen LogP contribution in [0.2, 0.25) is 0 Å². The standard InChI is InChI=1S/C32H48Se3/c1-3-5-7-9-11-13-15-17-20-27-24-30(34-26-27)31-25-28(32(35-31)29-22-19-23-33-29)21-18-16-14-12-10-8-6-4-2/h19,22-26H,3-18,20-21H2,1-2H3. The van der Waals surface area contributed by atoms with Gasteiger partial charge in [-0.2, -0.15) is 0 Å². The molecule has 3 heteroatoms. The molecule has 35 heavy (non-hydrogen) atoms. The van der Waals surface area contributed by atoms with Gasteiger partial charge in [-0.05, 0) is 0 Å². The van der Waals surface area contributed by atoms with Crippen LogP contribution in [0.25, 0.3) is 17.7 Å². The van der Waals surface area contributed by atoms with E-state index in [-0.39, 0.29) is 0 Å². The van der Waals surface area contributed by atoms with Gasteiger partial charge in [-0.25, -0.2) is 0 Å². The Labute approximate surface area is 234 Å². The number of aryl methyl sites for hydroxylation is 2. The van der Waals surface area contributed by atoms with Crippen molar-refractivity contribution in [3.8, 4) is 17.7 Å². The molecule has 0 nitrogen and oxygen atoms in total. The molecular weight excluding hydrogens is 621 g/mol. The van der Waals surface area contributed by atoms with Crippen LogP contribution in [0.1, 0.15) is 128 Å². The Kier molecular flexibility index (Phi) is 15.4. The van der Waals surface area contributed by atoms with E-state index < -0.39 is 0 Å². The number of rotatable bonds is 20. The van der Waals surface area contributed by atoms with Gasteiger partial charge in [0, 0.05) is 0 Å². The summed E-state index contributed by atoms with van der Waals surface area (Å²) in [6.45, 7) is 4.62. The summed E-state index contributed by atoms with van der Waals surface area (Å²) in [5.74, 6) is 0. The summed E-state index contributed by atoms with van der Waals surface area (Å²) in [5.41, 5.74) is 3.35. The van der Waals surface area contributed by atoms with Crippen molar-refractivity contribution >= 4 is 43.5 Å². The Morgan fingerprint density at radius 2 is 1.17 bits per heavy atom. The monoisotopic (exact) mass is 672 g/mol. The van der Waals surface area contributed by atoms with Crippen molar-refractivity contribution in [2.45, 2.75) is 129 Å². The normalized spacial score (nSPS) is 11.5. The Bertz CT molecular complexity index is 899. The van der Waals surface area contributed by atoms with Crippen molar-refractivity contribution in [3.05, 3.63) is 45.3 Å². The Balaban J connectivity index is 1.48. The van der Waals surface area contributed by atoms with Crippen LogP contribution in [-0.2, 0) is 12.8 Å². The van der Waals surface area contributed by atoms with Crippen LogP contribution in [0.15, 0.2) is 34.1 Å². The zero-order valence-electron chi connectivity index (χ0n) is 22.4. The quantitative estimate of drug-likeness (QED) is 0.0831. The van der Waals surface area contributed by atoms with E-state index in [0.717, 1.165) is 0 Å². The molecule has 0 aliphatic carbocycles. The number of hydrogen-bond donors (Lipinski definition) is 0. The summed E-state index contributed by atoms with van der Waals surface area (Å²) in [4.78, 5) is 5.00. The van der Waals surface area contributed by atoms with Gasteiger partial charge in [-0.3, -0.25) is 0 Å². The fraction of sp³-hybridized carbons (Fsp3) is 0.625. The Morgan fingerprint density at radius 3 is 1.77 bits per heavy atom. The second kappa shape index (κ2) is 18.3. The van der Waals surface area contributed by atoms with Gasteiger partial charge in [0.05, 0.1) is 0 Å². The molecule has 194 valence electrons. The molecule has 0 spiro atoms. The van der Waals surface area contributed by atoms with Crippen LogP contribution in [0, 0.1) is 0 Å². The van der Waals surface area contributed by atoms with Crippen molar-refractivity contribution in [1.29, 1.82) is 0 Å². The van der Waals surface area contributed by atoms with E-state index in [0.29, 0.717) is 43.5 Å². The van der Waals surface area contributed by atoms with Gasteiger partial charge >= 0.3 is 236 Å². The summed E-state index contributed by atoms with van der Waals surface area (Å²) >= 11 is 1.67. The zero-order valence-corrected chi connectivity index (χ0v) is 27.6. The van der Waals surface area contributed by atoms with E-state index in [9.17, 15) is 0 Å². The molecule has 0 saturated carbocycles. The van der Waals surface area contributed by atoms with Gasteiger partial charge in [0.2, 0.25) is 0 Å². The average molecular weight is 670 g/mol. The molecule has 0 radical (unpaired) electrons. The molecule has 0 N–H and O–H groups in total. The molecule has 0 aliphatic rings. The van der Waals surface area contributed by atoms with E-state index in [1.54, 1.807) is 28.9 Å². The van der Waals surface area contributed by atoms with Crippen molar-refractivity contribution in [2.75, 3.05) is 0 Å². The Morgan fingerprint density at radius 1 is 0.571 bits per heavy atom. The predicted molar refractivity (Wildman–Crippen MR) is 161 cm³/mol. The second-order valence-corrected chi connectivity index (χ2v) is 16.3. The van der Waals surface area contributed by atoms with Gasteiger partial charge in [0.25, 0.3) is 0 Å². The van der Waals surface area contributed by atoms with Crippen molar-refractivity contribution in [3.63, 3.8) is 0 Å². The molecule has 0 fully saturated rings. The summed E-state index contributed by atoms with van der Waals surface area (Å²) in [6.07, 6.45) is 25.3. The van der Waals surface area contributed by atoms with Gasteiger partial charge < -0.3 is 0 Å². The molecule has 3 heterocycles. The van der Waals surface area contributed by atoms with Crippen molar-refractivity contribution < 1.29 is 0 Å².